The third kappa shape index (κ3) is 5.41. The topological polar surface area (TPSA) is 116 Å². The number of carboxylic acid groups (broad SMARTS) is 2. The third-order valence-corrected chi connectivity index (χ3v) is 7.69. The van der Waals surface area contributed by atoms with Gasteiger partial charge in [-0.15, -0.1) is 11.3 Å². The molecule has 0 amide bonds. The second-order valence-corrected chi connectivity index (χ2v) is 9.59. The van der Waals surface area contributed by atoms with Gasteiger partial charge in [0.2, 0.25) is 10.0 Å². The highest BCUT2D eigenvalue weighted by Crippen LogP contribution is 2.42. The molecule has 7 nitrogen and oxygen atoms in total. The third-order valence-electron chi connectivity index (χ3n) is 4.55. The van der Waals surface area contributed by atoms with Gasteiger partial charge in [-0.05, 0) is 42.7 Å². The summed E-state index contributed by atoms with van der Waals surface area (Å²) in [5.41, 5.74) is 2.45. The number of rotatable bonds is 5. The van der Waals surface area contributed by atoms with E-state index in [0.29, 0.717) is 10.1 Å². The molecule has 0 spiro atoms. The second-order valence-electron chi connectivity index (χ2n) is 6.57. The molecule has 1 fully saturated rings. The van der Waals surface area contributed by atoms with Gasteiger partial charge in [0.05, 0.1) is 0 Å². The largest absolute Gasteiger partial charge is 0.503 e. The number of hydrogen-bond donors (Lipinski definition) is 4. The predicted octanol–water partition coefficient (Wildman–Crippen LogP) is 3.18. The Kier molecular flexibility index (Phi) is 6.50. The van der Waals surface area contributed by atoms with Crippen LogP contribution in [0.1, 0.15) is 29.2 Å². The molecule has 2 atom stereocenters. The van der Waals surface area contributed by atoms with Crippen molar-refractivity contribution in [3.8, 4) is 0 Å². The lowest BCUT2D eigenvalue weighted by Gasteiger charge is -2.12. The van der Waals surface area contributed by atoms with Crippen molar-refractivity contribution in [2.75, 3.05) is 13.1 Å². The van der Waals surface area contributed by atoms with Crippen LogP contribution in [0.15, 0.2) is 52.7 Å². The standard InChI is InChI=1S/C18H20N2O2S2.CH2O3/c21-24(22,20-16-12-15(16)13-4-2-1-3-5-13)18-7-6-17(23-18)14-8-10-19-11-9-14;2-1(3)4/h1-8,15-16,19-20H,9-12H2;(H2,2,3,4)/t15-,16+;/m1./s1. The van der Waals surface area contributed by atoms with Crippen LogP contribution in [-0.2, 0) is 10.0 Å². The number of hydrogen-bond acceptors (Lipinski definition) is 5. The van der Waals surface area contributed by atoms with Crippen LogP contribution in [0.4, 0.5) is 4.79 Å². The Bertz CT molecular complexity index is 950. The van der Waals surface area contributed by atoms with Crippen LogP contribution in [0.5, 0.6) is 0 Å². The Hall–Kier alpha value is -2.20. The zero-order valence-corrected chi connectivity index (χ0v) is 16.7. The van der Waals surface area contributed by atoms with Gasteiger partial charge in [0, 0.05) is 23.4 Å². The molecule has 1 aromatic carbocycles. The number of sulfonamides is 1. The Morgan fingerprint density at radius 3 is 2.50 bits per heavy atom. The summed E-state index contributed by atoms with van der Waals surface area (Å²) in [6.07, 6.45) is 2.13. The summed E-state index contributed by atoms with van der Waals surface area (Å²) in [5, 5.41) is 17.2. The van der Waals surface area contributed by atoms with E-state index < -0.39 is 16.2 Å². The molecule has 0 bridgehead atoms. The Labute approximate surface area is 167 Å². The molecule has 1 aliphatic carbocycles. The minimum Gasteiger partial charge on any atom is -0.450 e. The first-order valence-corrected chi connectivity index (χ1v) is 11.2. The molecule has 2 aliphatic rings. The highest BCUT2D eigenvalue weighted by molar-refractivity contribution is 7.91. The molecular formula is C19H22N2O5S2. The predicted molar refractivity (Wildman–Crippen MR) is 108 cm³/mol. The zero-order chi connectivity index (χ0) is 20.1. The fourth-order valence-electron chi connectivity index (χ4n) is 3.13. The van der Waals surface area contributed by atoms with Crippen LogP contribution in [0.3, 0.4) is 0 Å². The van der Waals surface area contributed by atoms with Crippen molar-refractivity contribution in [1.29, 1.82) is 0 Å². The summed E-state index contributed by atoms with van der Waals surface area (Å²) in [6.45, 7) is 1.80. The molecule has 4 N–H and O–H groups in total. The first-order chi connectivity index (χ1) is 13.4. The molecule has 0 unspecified atom stereocenters. The number of thiophene rings is 1. The molecule has 0 saturated heterocycles. The summed E-state index contributed by atoms with van der Waals surface area (Å²) in [5.74, 6) is 0.299. The Morgan fingerprint density at radius 2 is 1.86 bits per heavy atom. The quantitative estimate of drug-likeness (QED) is 0.588. The average Bonchev–Trinajstić information content (AvgIpc) is 3.23. The van der Waals surface area contributed by atoms with Crippen molar-refractivity contribution in [2.45, 2.75) is 29.0 Å². The van der Waals surface area contributed by atoms with Crippen LogP contribution >= 0.6 is 11.3 Å². The molecule has 28 heavy (non-hydrogen) atoms. The van der Waals surface area contributed by atoms with E-state index in [1.165, 1.54) is 22.5 Å². The van der Waals surface area contributed by atoms with Gasteiger partial charge in [0.15, 0.2) is 0 Å². The van der Waals surface area contributed by atoms with Crippen LogP contribution < -0.4 is 10.0 Å². The smallest absolute Gasteiger partial charge is 0.450 e. The molecular weight excluding hydrogens is 400 g/mol. The van der Waals surface area contributed by atoms with Gasteiger partial charge in [-0.2, -0.15) is 0 Å². The summed E-state index contributed by atoms with van der Waals surface area (Å²) in [4.78, 5) is 9.62. The Morgan fingerprint density at radius 1 is 1.14 bits per heavy atom. The monoisotopic (exact) mass is 422 g/mol. The van der Waals surface area contributed by atoms with E-state index >= 15 is 0 Å². The van der Waals surface area contributed by atoms with E-state index in [0.717, 1.165) is 30.8 Å². The van der Waals surface area contributed by atoms with Gasteiger partial charge in [0.1, 0.15) is 4.21 Å². The lowest BCUT2D eigenvalue weighted by molar-refractivity contribution is 0.137. The zero-order valence-electron chi connectivity index (χ0n) is 15.0. The molecule has 2 heterocycles. The number of benzene rings is 1. The highest BCUT2D eigenvalue weighted by atomic mass is 32.2. The normalized spacial score (nSPS) is 21.2. The first-order valence-electron chi connectivity index (χ1n) is 8.86. The van der Waals surface area contributed by atoms with E-state index in [2.05, 4.69) is 28.2 Å². The lowest BCUT2D eigenvalue weighted by Crippen LogP contribution is -2.26. The van der Waals surface area contributed by atoms with Crippen LogP contribution in [0.25, 0.3) is 5.57 Å². The molecule has 1 aliphatic heterocycles. The van der Waals surface area contributed by atoms with Crippen LogP contribution in [0, 0.1) is 0 Å². The molecule has 0 radical (unpaired) electrons. The van der Waals surface area contributed by atoms with Crippen molar-refractivity contribution in [3.05, 3.63) is 59.0 Å². The molecule has 150 valence electrons. The summed E-state index contributed by atoms with van der Waals surface area (Å²) < 4.78 is 28.5. The van der Waals surface area contributed by atoms with E-state index in [4.69, 9.17) is 15.0 Å². The van der Waals surface area contributed by atoms with Crippen molar-refractivity contribution in [2.24, 2.45) is 0 Å². The van der Waals surface area contributed by atoms with Gasteiger partial charge in [-0.25, -0.2) is 17.9 Å². The van der Waals surface area contributed by atoms with Crippen LogP contribution in [0.2, 0.25) is 0 Å². The van der Waals surface area contributed by atoms with Gasteiger partial charge in [-0.1, -0.05) is 36.4 Å². The van der Waals surface area contributed by atoms with Gasteiger partial charge in [0.25, 0.3) is 0 Å². The molecule has 2 aromatic rings. The number of carbonyl (C=O) groups is 1. The Balaban J connectivity index is 0.000000516. The fraction of sp³-hybridized carbons (Fsp3) is 0.316. The number of nitrogens with one attached hydrogen (secondary N) is 2. The lowest BCUT2D eigenvalue weighted by atomic mass is 10.1. The minimum absolute atomic E-state index is 0.0149. The minimum atomic E-state index is -3.43. The van der Waals surface area contributed by atoms with Crippen molar-refractivity contribution >= 4 is 33.1 Å². The van der Waals surface area contributed by atoms with E-state index in [1.807, 2.05) is 24.3 Å². The van der Waals surface area contributed by atoms with Crippen LogP contribution in [-0.4, -0.2) is 43.9 Å². The SMILES string of the molecule is O=C(O)O.O=S(=O)(N[C@H]1C[C@@H]1c1ccccc1)c1ccc(C2=CCNCC2)s1. The molecule has 4 rings (SSSR count). The maximum atomic E-state index is 12.6. The van der Waals surface area contributed by atoms with E-state index in [-0.39, 0.29) is 6.04 Å². The maximum Gasteiger partial charge on any atom is 0.503 e. The molecule has 1 saturated carbocycles. The van der Waals surface area contributed by atoms with Crippen molar-refractivity contribution < 1.29 is 23.4 Å². The molecule has 9 heteroatoms. The van der Waals surface area contributed by atoms with Crippen molar-refractivity contribution in [3.63, 3.8) is 0 Å². The van der Waals surface area contributed by atoms with Gasteiger partial charge < -0.3 is 15.5 Å². The summed E-state index contributed by atoms with van der Waals surface area (Å²) in [6, 6.07) is 13.8. The van der Waals surface area contributed by atoms with Gasteiger partial charge >= 0.3 is 6.16 Å². The van der Waals surface area contributed by atoms with E-state index in [1.54, 1.807) is 6.07 Å². The van der Waals surface area contributed by atoms with E-state index in [9.17, 15) is 8.42 Å². The maximum absolute atomic E-state index is 12.6. The second kappa shape index (κ2) is 8.87. The first kappa shape index (κ1) is 20.5. The molecule has 1 aromatic heterocycles. The highest BCUT2D eigenvalue weighted by Gasteiger charge is 2.41. The summed E-state index contributed by atoms with van der Waals surface area (Å²) in [7, 11) is -3.43. The fourth-order valence-corrected chi connectivity index (χ4v) is 5.82. The van der Waals surface area contributed by atoms with Crippen molar-refractivity contribution in [1.82, 2.24) is 10.0 Å². The van der Waals surface area contributed by atoms with Gasteiger partial charge in [-0.3, -0.25) is 0 Å². The average molecular weight is 423 g/mol. The summed E-state index contributed by atoms with van der Waals surface area (Å²) >= 11 is 1.37.